The highest BCUT2D eigenvalue weighted by molar-refractivity contribution is 7.17. The smallest absolute Gasteiger partial charge is 0.261 e. The molecule has 2 heterocycles. The highest BCUT2D eigenvalue weighted by Gasteiger charge is 2.07. The van der Waals surface area contributed by atoms with Crippen molar-refractivity contribution in [1.82, 2.24) is 14.9 Å². The molecule has 6 heteroatoms. The van der Waals surface area contributed by atoms with Gasteiger partial charge >= 0.3 is 0 Å². The van der Waals surface area contributed by atoms with E-state index < -0.39 is 0 Å². The number of aromatic nitrogens is 2. The Balaban J connectivity index is 1.46. The number of imidazole rings is 1. The van der Waals surface area contributed by atoms with E-state index in [2.05, 4.69) is 10.3 Å². The third-order valence-electron chi connectivity index (χ3n) is 3.38. The quantitative estimate of drug-likeness (QED) is 0.684. The van der Waals surface area contributed by atoms with Crippen molar-refractivity contribution in [2.75, 3.05) is 6.54 Å². The number of halogens is 1. The minimum atomic E-state index is -0.0718. The molecular weight excluding hydrogens is 330 g/mol. The van der Waals surface area contributed by atoms with Crippen LogP contribution in [0.5, 0.6) is 0 Å². The van der Waals surface area contributed by atoms with Crippen LogP contribution in [0.1, 0.15) is 16.1 Å². The van der Waals surface area contributed by atoms with Crippen molar-refractivity contribution >= 4 is 28.8 Å². The van der Waals surface area contributed by atoms with E-state index in [0.717, 1.165) is 24.2 Å². The van der Waals surface area contributed by atoms with Crippen LogP contribution in [-0.2, 0) is 6.54 Å². The minimum Gasteiger partial charge on any atom is -0.351 e. The van der Waals surface area contributed by atoms with Crippen LogP contribution in [0.25, 0.3) is 11.3 Å². The number of hydrogen-bond donors (Lipinski definition) is 1. The molecule has 0 aliphatic carbocycles. The van der Waals surface area contributed by atoms with Gasteiger partial charge in [0, 0.05) is 24.8 Å². The molecule has 1 N–H and O–H groups in total. The highest BCUT2D eigenvalue weighted by Crippen LogP contribution is 2.21. The summed E-state index contributed by atoms with van der Waals surface area (Å²) in [6, 6.07) is 13.5. The van der Waals surface area contributed by atoms with E-state index >= 15 is 0 Å². The zero-order valence-electron chi connectivity index (χ0n) is 12.4. The molecule has 1 amide bonds. The van der Waals surface area contributed by atoms with Crippen LogP contribution in [0.4, 0.5) is 0 Å². The van der Waals surface area contributed by atoms with Gasteiger partial charge in [0.05, 0.1) is 21.2 Å². The minimum absolute atomic E-state index is 0.0718. The van der Waals surface area contributed by atoms with Gasteiger partial charge in [-0.3, -0.25) is 4.79 Å². The Kier molecular flexibility index (Phi) is 5.10. The fourth-order valence-corrected chi connectivity index (χ4v) is 3.19. The van der Waals surface area contributed by atoms with Crippen molar-refractivity contribution in [2.24, 2.45) is 0 Å². The van der Waals surface area contributed by atoms with Crippen molar-refractivity contribution in [1.29, 1.82) is 0 Å². The number of carbonyl (C=O) groups is 1. The van der Waals surface area contributed by atoms with Gasteiger partial charge in [0.15, 0.2) is 0 Å². The Bertz CT molecular complexity index is 782. The maximum Gasteiger partial charge on any atom is 0.261 e. The second kappa shape index (κ2) is 7.44. The molecule has 0 aliphatic rings. The van der Waals surface area contributed by atoms with E-state index in [1.165, 1.54) is 11.3 Å². The molecule has 118 valence electrons. The first kappa shape index (κ1) is 15.8. The van der Waals surface area contributed by atoms with Crippen molar-refractivity contribution in [3.8, 4) is 11.3 Å². The van der Waals surface area contributed by atoms with E-state index in [-0.39, 0.29) is 5.91 Å². The number of thiophene rings is 1. The molecule has 2 aromatic heterocycles. The van der Waals surface area contributed by atoms with Gasteiger partial charge in [0.1, 0.15) is 0 Å². The van der Waals surface area contributed by atoms with Crippen LogP contribution in [0.15, 0.2) is 55.0 Å². The van der Waals surface area contributed by atoms with E-state index in [4.69, 9.17) is 11.6 Å². The van der Waals surface area contributed by atoms with Gasteiger partial charge in [-0.05, 0) is 18.6 Å². The number of nitrogens with zero attached hydrogens (tertiary/aromatic N) is 2. The standard InChI is InChI=1S/C17H16ClN3OS/c18-16-8-7-15(23-16)17(22)19-9-4-10-21-11-14(20-12-21)13-5-2-1-3-6-13/h1-3,5-8,11-12H,4,9-10H2,(H,19,22). The van der Waals surface area contributed by atoms with Crippen molar-refractivity contribution < 1.29 is 4.79 Å². The lowest BCUT2D eigenvalue weighted by atomic mass is 10.2. The Morgan fingerprint density at radius 2 is 2.04 bits per heavy atom. The van der Waals surface area contributed by atoms with E-state index in [9.17, 15) is 4.79 Å². The fraction of sp³-hybridized carbons (Fsp3) is 0.176. The summed E-state index contributed by atoms with van der Waals surface area (Å²) in [7, 11) is 0. The molecule has 0 aliphatic heterocycles. The maximum absolute atomic E-state index is 11.9. The zero-order chi connectivity index (χ0) is 16.1. The summed E-state index contributed by atoms with van der Waals surface area (Å²) in [6.07, 6.45) is 4.69. The van der Waals surface area contributed by atoms with Crippen LogP contribution < -0.4 is 5.32 Å². The number of benzene rings is 1. The van der Waals surface area contributed by atoms with E-state index in [1.807, 2.05) is 47.4 Å². The molecule has 0 unspecified atom stereocenters. The van der Waals surface area contributed by atoms with Gasteiger partial charge in [0.2, 0.25) is 0 Å². The third kappa shape index (κ3) is 4.21. The lowest BCUT2D eigenvalue weighted by molar-refractivity contribution is 0.0957. The number of amides is 1. The highest BCUT2D eigenvalue weighted by atomic mass is 35.5. The average molecular weight is 346 g/mol. The van der Waals surface area contributed by atoms with Crippen LogP contribution >= 0.6 is 22.9 Å². The first-order valence-corrected chi connectivity index (χ1v) is 8.52. The van der Waals surface area contributed by atoms with Crippen molar-refractivity contribution in [3.63, 3.8) is 0 Å². The first-order valence-electron chi connectivity index (χ1n) is 7.33. The third-order valence-corrected chi connectivity index (χ3v) is 4.61. The van der Waals surface area contributed by atoms with Gasteiger partial charge in [-0.25, -0.2) is 4.98 Å². The summed E-state index contributed by atoms with van der Waals surface area (Å²) in [5.41, 5.74) is 2.07. The number of rotatable bonds is 6. The SMILES string of the molecule is O=C(NCCCn1cnc(-c2ccccc2)c1)c1ccc(Cl)s1. The Morgan fingerprint density at radius 3 is 2.78 bits per heavy atom. The van der Waals surface area contributed by atoms with Gasteiger partial charge in [-0.2, -0.15) is 0 Å². The summed E-state index contributed by atoms with van der Waals surface area (Å²) in [4.78, 5) is 16.9. The molecule has 3 aromatic rings. The number of hydrogen-bond acceptors (Lipinski definition) is 3. The predicted octanol–water partition coefficient (Wildman–Crippen LogP) is 4.09. The Hall–Kier alpha value is -2.11. The molecule has 0 bridgehead atoms. The van der Waals surface area contributed by atoms with Crippen LogP contribution in [0, 0.1) is 0 Å². The molecule has 0 radical (unpaired) electrons. The maximum atomic E-state index is 11.9. The molecule has 1 aromatic carbocycles. The average Bonchev–Trinajstić information content (AvgIpc) is 3.21. The van der Waals surface area contributed by atoms with E-state index in [0.29, 0.717) is 15.8 Å². The van der Waals surface area contributed by atoms with Gasteiger partial charge in [-0.1, -0.05) is 41.9 Å². The summed E-state index contributed by atoms with van der Waals surface area (Å²) in [5, 5.41) is 2.90. The van der Waals surface area contributed by atoms with Gasteiger partial charge in [0.25, 0.3) is 5.91 Å². The molecule has 0 saturated heterocycles. The Morgan fingerprint density at radius 1 is 1.22 bits per heavy atom. The second-order valence-corrected chi connectivity index (χ2v) is 6.79. The summed E-state index contributed by atoms with van der Waals surface area (Å²) in [6.45, 7) is 1.43. The molecule has 3 rings (SSSR count). The van der Waals surface area contributed by atoms with Crippen LogP contribution in [-0.4, -0.2) is 22.0 Å². The summed E-state index contributed by atoms with van der Waals surface area (Å²) < 4.78 is 2.67. The zero-order valence-corrected chi connectivity index (χ0v) is 14.0. The lowest BCUT2D eigenvalue weighted by Crippen LogP contribution is -2.24. The second-order valence-electron chi connectivity index (χ2n) is 5.08. The monoisotopic (exact) mass is 345 g/mol. The molecule has 0 spiro atoms. The summed E-state index contributed by atoms with van der Waals surface area (Å²) >= 11 is 7.12. The number of aryl methyl sites for hydroxylation is 1. The van der Waals surface area contributed by atoms with Crippen molar-refractivity contribution in [3.05, 3.63) is 64.2 Å². The van der Waals surface area contributed by atoms with Gasteiger partial charge in [-0.15, -0.1) is 11.3 Å². The molecule has 0 saturated carbocycles. The normalized spacial score (nSPS) is 10.7. The molecule has 23 heavy (non-hydrogen) atoms. The van der Waals surface area contributed by atoms with Gasteiger partial charge < -0.3 is 9.88 Å². The first-order chi connectivity index (χ1) is 11.2. The Labute approximate surface area is 143 Å². The van der Waals surface area contributed by atoms with E-state index in [1.54, 1.807) is 12.1 Å². The molecule has 4 nitrogen and oxygen atoms in total. The van der Waals surface area contributed by atoms with Crippen molar-refractivity contribution in [2.45, 2.75) is 13.0 Å². The summed E-state index contributed by atoms with van der Waals surface area (Å²) in [5.74, 6) is -0.0718. The fourth-order valence-electron chi connectivity index (χ4n) is 2.23. The lowest BCUT2D eigenvalue weighted by Gasteiger charge is -2.04. The topological polar surface area (TPSA) is 46.9 Å². The molecule has 0 fully saturated rings. The number of nitrogens with one attached hydrogen (secondary N) is 1. The predicted molar refractivity (Wildman–Crippen MR) is 93.9 cm³/mol. The molecular formula is C17H16ClN3OS. The van der Waals surface area contributed by atoms with Crippen LogP contribution in [0.2, 0.25) is 4.34 Å². The van der Waals surface area contributed by atoms with Crippen LogP contribution in [0.3, 0.4) is 0 Å². The molecule has 0 atom stereocenters. The number of carbonyl (C=O) groups excluding carboxylic acids is 1. The largest absolute Gasteiger partial charge is 0.351 e.